The Balaban J connectivity index is 2.92. The van der Waals surface area contributed by atoms with Gasteiger partial charge in [0.2, 0.25) is 0 Å². The fourth-order valence-electron chi connectivity index (χ4n) is 1.16. The van der Waals surface area contributed by atoms with E-state index in [-0.39, 0.29) is 22.3 Å². The van der Waals surface area contributed by atoms with Crippen molar-refractivity contribution in [2.75, 3.05) is 6.54 Å². The quantitative estimate of drug-likeness (QED) is 0.628. The van der Waals surface area contributed by atoms with Gasteiger partial charge in [-0.25, -0.2) is 0 Å². The number of benzene rings is 1. The number of nitrogens with one attached hydrogen (secondary N) is 1. The third kappa shape index (κ3) is 3.40. The van der Waals surface area contributed by atoms with E-state index < -0.39 is 10.8 Å². The molecule has 1 atom stereocenters. The summed E-state index contributed by atoms with van der Waals surface area (Å²) >= 11 is 5.80. The maximum atomic E-state index is 11.7. The molecule has 0 radical (unpaired) electrons. The molecule has 0 saturated heterocycles. The summed E-state index contributed by atoms with van der Waals surface area (Å²) in [7, 11) is 0. The fourth-order valence-corrected chi connectivity index (χ4v) is 1.42. The van der Waals surface area contributed by atoms with E-state index in [9.17, 15) is 14.9 Å². The first-order valence-electron chi connectivity index (χ1n) is 4.90. The van der Waals surface area contributed by atoms with Gasteiger partial charge in [0.1, 0.15) is 0 Å². The van der Waals surface area contributed by atoms with E-state index in [1.165, 1.54) is 12.1 Å². The summed E-state index contributed by atoms with van der Waals surface area (Å²) in [5.74, 6) is -0.400. The zero-order chi connectivity index (χ0) is 13.0. The Morgan fingerprint density at radius 2 is 2.29 bits per heavy atom. The number of amides is 1. The highest BCUT2D eigenvalue weighted by Crippen LogP contribution is 2.22. The minimum Gasteiger partial charge on any atom is -0.348 e. The summed E-state index contributed by atoms with van der Waals surface area (Å²) in [5.41, 5.74) is 5.40. The van der Waals surface area contributed by atoms with Crippen molar-refractivity contribution in [3.05, 3.63) is 38.9 Å². The van der Waals surface area contributed by atoms with Crippen LogP contribution in [0.15, 0.2) is 18.2 Å². The van der Waals surface area contributed by atoms with Crippen LogP contribution in [0.5, 0.6) is 0 Å². The van der Waals surface area contributed by atoms with E-state index in [1.807, 2.05) is 0 Å². The summed E-state index contributed by atoms with van der Waals surface area (Å²) < 4.78 is 0. The molecule has 0 heterocycles. The average Bonchev–Trinajstić information content (AvgIpc) is 2.28. The molecule has 3 N–H and O–H groups in total. The Labute approximate surface area is 103 Å². The van der Waals surface area contributed by atoms with Gasteiger partial charge in [0, 0.05) is 24.7 Å². The van der Waals surface area contributed by atoms with Crippen molar-refractivity contribution in [1.82, 2.24) is 5.32 Å². The minimum absolute atomic E-state index is 0.0425. The Hall–Kier alpha value is -1.66. The van der Waals surface area contributed by atoms with Crippen molar-refractivity contribution in [2.24, 2.45) is 5.73 Å². The van der Waals surface area contributed by atoms with Gasteiger partial charge in [-0.15, -0.1) is 0 Å². The molecule has 0 aromatic heterocycles. The molecule has 0 aliphatic rings. The summed E-state index contributed by atoms with van der Waals surface area (Å²) in [6.07, 6.45) is 0. The number of carbonyl (C=O) groups excluding carboxylic acids is 1. The molecule has 1 rings (SSSR count). The lowest BCUT2D eigenvalue weighted by Crippen LogP contribution is -2.37. The van der Waals surface area contributed by atoms with Crippen LogP contribution in [0, 0.1) is 10.1 Å². The first-order valence-corrected chi connectivity index (χ1v) is 5.28. The molecular formula is C10H12ClN3O3. The van der Waals surface area contributed by atoms with Crippen molar-refractivity contribution >= 4 is 23.2 Å². The Kier molecular flexibility index (Phi) is 4.42. The molecule has 92 valence electrons. The second-order valence-corrected chi connectivity index (χ2v) is 3.94. The summed E-state index contributed by atoms with van der Waals surface area (Å²) in [5, 5.41) is 13.1. The molecule has 1 aromatic rings. The topological polar surface area (TPSA) is 98.3 Å². The molecule has 0 aliphatic heterocycles. The second-order valence-electron chi connectivity index (χ2n) is 3.53. The van der Waals surface area contributed by atoms with Gasteiger partial charge in [0.25, 0.3) is 11.6 Å². The Bertz CT molecular complexity index is 450. The third-order valence-corrected chi connectivity index (χ3v) is 2.45. The van der Waals surface area contributed by atoms with Gasteiger partial charge in [0.05, 0.1) is 15.5 Å². The molecular weight excluding hydrogens is 246 g/mol. The van der Waals surface area contributed by atoms with Gasteiger partial charge < -0.3 is 11.1 Å². The smallest absolute Gasteiger partial charge is 0.270 e. The number of hydrogen-bond donors (Lipinski definition) is 2. The first-order chi connectivity index (χ1) is 7.95. The summed E-state index contributed by atoms with van der Waals surface area (Å²) in [6, 6.07) is 3.50. The molecule has 0 saturated carbocycles. The predicted molar refractivity (Wildman–Crippen MR) is 64.1 cm³/mol. The number of nitrogens with zero attached hydrogens (tertiary/aromatic N) is 1. The van der Waals surface area contributed by atoms with Crippen LogP contribution in [-0.2, 0) is 0 Å². The van der Waals surface area contributed by atoms with E-state index in [4.69, 9.17) is 17.3 Å². The van der Waals surface area contributed by atoms with Crippen LogP contribution < -0.4 is 11.1 Å². The molecule has 1 amide bonds. The van der Waals surface area contributed by atoms with Gasteiger partial charge in [-0.1, -0.05) is 11.6 Å². The monoisotopic (exact) mass is 257 g/mol. The second kappa shape index (κ2) is 5.60. The summed E-state index contributed by atoms with van der Waals surface area (Å²) in [4.78, 5) is 21.6. The fraction of sp³-hybridized carbons (Fsp3) is 0.300. The number of non-ortho nitro benzene ring substituents is 1. The minimum atomic E-state index is -0.573. The van der Waals surface area contributed by atoms with Gasteiger partial charge in [-0.3, -0.25) is 14.9 Å². The van der Waals surface area contributed by atoms with Crippen LogP contribution in [-0.4, -0.2) is 23.4 Å². The van der Waals surface area contributed by atoms with E-state index >= 15 is 0 Å². The lowest BCUT2D eigenvalue weighted by molar-refractivity contribution is -0.384. The summed E-state index contributed by atoms with van der Waals surface area (Å²) in [6.45, 7) is 2.05. The van der Waals surface area contributed by atoms with Gasteiger partial charge in [-0.05, 0) is 13.0 Å². The normalized spacial score (nSPS) is 11.9. The van der Waals surface area contributed by atoms with Crippen molar-refractivity contribution in [3.63, 3.8) is 0 Å². The molecule has 0 fully saturated rings. The van der Waals surface area contributed by atoms with E-state index in [0.717, 1.165) is 6.07 Å². The number of hydrogen-bond acceptors (Lipinski definition) is 4. The number of nitrogens with two attached hydrogens (primary N) is 1. The van der Waals surface area contributed by atoms with Crippen molar-refractivity contribution < 1.29 is 9.72 Å². The zero-order valence-corrected chi connectivity index (χ0v) is 9.90. The van der Waals surface area contributed by atoms with Gasteiger partial charge in [0.15, 0.2) is 0 Å². The molecule has 17 heavy (non-hydrogen) atoms. The van der Waals surface area contributed by atoms with Crippen LogP contribution in [0.2, 0.25) is 5.02 Å². The highest BCUT2D eigenvalue weighted by molar-refractivity contribution is 6.34. The first kappa shape index (κ1) is 13.4. The number of nitro groups is 1. The molecule has 1 aromatic carbocycles. The lowest BCUT2D eigenvalue weighted by atomic mass is 10.2. The van der Waals surface area contributed by atoms with E-state index in [2.05, 4.69) is 5.32 Å². The largest absolute Gasteiger partial charge is 0.348 e. The lowest BCUT2D eigenvalue weighted by Gasteiger charge is -2.11. The van der Waals surface area contributed by atoms with Crippen molar-refractivity contribution in [3.8, 4) is 0 Å². The molecule has 7 heteroatoms. The molecule has 6 nitrogen and oxygen atoms in total. The number of nitro benzene ring substituents is 1. The highest BCUT2D eigenvalue weighted by Gasteiger charge is 2.15. The zero-order valence-electron chi connectivity index (χ0n) is 9.14. The van der Waals surface area contributed by atoms with Gasteiger partial charge in [-0.2, -0.15) is 0 Å². The molecule has 0 bridgehead atoms. The van der Waals surface area contributed by atoms with Crippen molar-refractivity contribution in [2.45, 2.75) is 13.0 Å². The number of halogens is 1. The third-order valence-electron chi connectivity index (χ3n) is 2.14. The Morgan fingerprint density at radius 1 is 1.65 bits per heavy atom. The standard InChI is InChI=1S/C10H12ClN3O3/c1-6(5-12)13-10(15)8-3-2-7(14(16)17)4-9(8)11/h2-4,6H,5,12H2,1H3,(H,13,15)/t6-/m0/s1. The van der Waals surface area contributed by atoms with E-state index in [0.29, 0.717) is 6.54 Å². The van der Waals surface area contributed by atoms with Crippen LogP contribution in [0.4, 0.5) is 5.69 Å². The molecule has 0 aliphatic carbocycles. The van der Waals surface area contributed by atoms with Crippen LogP contribution >= 0.6 is 11.6 Å². The van der Waals surface area contributed by atoms with Crippen LogP contribution in [0.25, 0.3) is 0 Å². The number of rotatable bonds is 4. The molecule has 0 unspecified atom stereocenters. The van der Waals surface area contributed by atoms with Crippen molar-refractivity contribution in [1.29, 1.82) is 0 Å². The van der Waals surface area contributed by atoms with Crippen LogP contribution in [0.1, 0.15) is 17.3 Å². The highest BCUT2D eigenvalue weighted by atomic mass is 35.5. The maximum absolute atomic E-state index is 11.7. The average molecular weight is 258 g/mol. The maximum Gasteiger partial charge on any atom is 0.270 e. The molecule has 0 spiro atoms. The number of carbonyl (C=O) groups is 1. The van der Waals surface area contributed by atoms with Gasteiger partial charge >= 0.3 is 0 Å². The van der Waals surface area contributed by atoms with E-state index in [1.54, 1.807) is 6.92 Å². The predicted octanol–water partition coefficient (Wildman–Crippen LogP) is 1.33. The SMILES string of the molecule is C[C@@H](CN)NC(=O)c1ccc([N+](=O)[O-])cc1Cl. The van der Waals surface area contributed by atoms with Crippen LogP contribution in [0.3, 0.4) is 0 Å². The Morgan fingerprint density at radius 3 is 2.76 bits per heavy atom.